The molecule has 0 radical (unpaired) electrons. The number of ether oxygens (including phenoxy) is 2. The van der Waals surface area contributed by atoms with Crippen LogP contribution in [0.25, 0.3) is 0 Å². The van der Waals surface area contributed by atoms with Crippen molar-refractivity contribution in [3.05, 3.63) is 35.9 Å². The van der Waals surface area contributed by atoms with Gasteiger partial charge in [0.05, 0.1) is 12.6 Å². The highest BCUT2D eigenvalue weighted by molar-refractivity contribution is 5.72. The van der Waals surface area contributed by atoms with Gasteiger partial charge in [-0.2, -0.15) is 0 Å². The minimum atomic E-state index is 0.163. The number of benzene rings is 1. The Kier molecular flexibility index (Phi) is 3.77. The minimum absolute atomic E-state index is 0.163. The zero-order chi connectivity index (χ0) is 11.2. The van der Waals surface area contributed by atoms with E-state index < -0.39 is 0 Å². The average Bonchev–Trinajstić information content (AvgIpc) is 2.72. The predicted octanol–water partition coefficient (Wildman–Crippen LogP) is 1.31. The molecule has 0 saturated heterocycles. The van der Waals surface area contributed by atoms with Crippen molar-refractivity contribution in [3.8, 4) is 0 Å². The molecule has 0 unspecified atom stereocenters. The molecule has 0 fully saturated rings. The molecule has 1 atom stereocenters. The van der Waals surface area contributed by atoms with E-state index in [1.165, 1.54) is 5.56 Å². The van der Waals surface area contributed by atoms with E-state index in [4.69, 9.17) is 15.2 Å². The lowest BCUT2D eigenvalue weighted by molar-refractivity contribution is 0.111. The van der Waals surface area contributed by atoms with Gasteiger partial charge in [-0.1, -0.05) is 30.3 Å². The van der Waals surface area contributed by atoms with Gasteiger partial charge < -0.3 is 15.2 Å². The summed E-state index contributed by atoms with van der Waals surface area (Å²) in [5.74, 6) is 0. The van der Waals surface area contributed by atoms with Crippen LogP contribution in [-0.4, -0.2) is 25.3 Å². The molecule has 2 N–H and O–H groups in total. The summed E-state index contributed by atoms with van der Waals surface area (Å²) < 4.78 is 10.6. The smallest absolute Gasteiger partial charge is 0.282 e. The molecule has 0 bridgehead atoms. The van der Waals surface area contributed by atoms with Crippen molar-refractivity contribution in [2.75, 3.05) is 13.2 Å². The standard InChI is InChI=1S/C12H16N2O2/c13-12-14-11(9-16-12)6-7-15-8-10-4-2-1-3-5-10/h1-5,11H,6-9H2,(H2,13,14)/t11-/m1/s1. The highest BCUT2D eigenvalue weighted by Gasteiger charge is 2.15. The number of rotatable bonds is 5. The fourth-order valence-electron chi connectivity index (χ4n) is 1.57. The summed E-state index contributed by atoms with van der Waals surface area (Å²) in [6.45, 7) is 1.91. The van der Waals surface area contributed by atoms with Crippen LogP contribution >= 0.6 is 0 Å². The van der Waals surface area contributed by atoms with Gasteiger partial charge in [0.25, 0.3) is 6.02 Å². The van der Waals surface area contributed by atoms with Crippen LogP contribution in [0.15, 0.2) is 35.3 Å². The Morgan fingerprint density at radius 1 is 1.38 bits per heavy atom. The van der Waals surface area contributed by atoms with Crippen LogP contribution in [0.5, 0.6) is 0 Å². The second kappa shape index (κ2) is 5.51. The number of hydrogen-bond acceptors (Lipinski definition) is 4. The van der Waals surface area contributed by atoms with Crippen molar-refractivity contribution in [2.24, 2.45) is 10.7 Å². The van der Waals surface area contributed by atoms with E-state index in [-0.39, 0.29) is 6.04 Å². The molecule has 2 rings (SSSR count). The van der Waals surface area contributed by atoms with Gasteiger partial charge in [-0.25, -0.2) is 4.99 Å². The molecule has 1 aliphatic rings. The van der Waals surface area contributed by atoms with Crippen molar-refractivity contribution < 1.29 is 9.47 Å². The van der Waals surface area contributed by atoms with Crippen LogP contribution in [0.2, 0.25) is 0 Å². The van der Waals surface area contributed by atoms with Crippen molar-refractivity contribution >= 4 is 6.02 Å². The second-order valence-corrected chi connectivity index (χ2v) is 3.76. The summed E-state index contributed by atoms with van der Waals surface area (Å²) >= 11 is 0. The van der Waals surface area contributed by atoms with Crippen LogP contribution in [0, 0.1) is 0 Å². The molecule has 16 heavy (non-hydrogen) atoms. The Balaban J connectivity index is 1.62. The van der Waals surface area contributed by atoms with Gasteiger partial charge in [0.15, 0.2) is 0 Å². The van der Waals surface area contributed by atoms with Crippen LogP contribution in [-0.2, 0) is 16.1 Å². The first kappa shape index (κ1) is 11.0. The highest BCUT2D eigenvalue weighted by atomic mass is 16.5. The van der Waals surface area contributed by atoms with Crippen LogP contribution in [0.4, 0.5) is 0 Å². The lowest BCUT2D eigenvalue weighted by Crippen LogP contribution is -2.11. The van der Waals surface area contributed by atoms with Gasteiger partial charge in [0, 0.05) is 6.61 Å². The Morgan fingerprint density at radius 3 is 2.88 bits per heavy atom. The topological polar surface area (TPSA) is 56.8 Å². The molecule has 86 valence electrons. The van der Waals surface area contributed by atoms with Gasteiger partial charge in [-0.05, 0) is 12.0 Å². The lowest BCUT2D eigenvalue weighted by Gasteiger charge is -2.06. The molecule has 1 heterocycles. The van der Waals surface area contributed by atoms with Gasteiger partial charge in [0.1, 0.15) is 6.61 Å². The zero-order valence-corrected chi connectivity index (χ0v) is 9.13. The van der Waals surface area contributed by atoms with E-state index in [1.54, 1.807) is 0 Å². The molecule has 4 heteroatoms. The zero-order valence-electron chi connectivity index (χ0n) is 9.13. The molecule has 0 spiro atoms. The molecule has 0 aliphatic carbocycles. The molecule has 1 aromatic rings. The van der Waals surface area contributed by atoms with E-state index >= 15 is 0 Å². The van der Waals surface area contributed by atoms with E-state index in [1.807, 2.05) is 18.2 Å². The second-order valence-electron chi connectivity index (χ2n) is 3.76. The first-order valence-electron chi connectivity index (χ1n) is 5.42. The third-order valence-corrected chi connectivity index (χ3v) is 2.44. The predicted molar refractivity (Wildman–Crippen MR) is 62.1 cm³/mol. The van der Waals surface area contributed by atoms with Gasteiger partial charge >= 0.3 is 0 Å². The Labute approximate surface area is 95.1 Å². The van der Waals surface area contributed by atoms with E-state index in [9.17, 15) is 0 Å². The van der Waals surface area contributed by atoms with E-state index in [2.05, 4.69) is 17.1 Å². The molecular weight excluding hydrogens is 204 g/mol. The summed E-state index contributed by atoms with van der Waals surface area (Å²) in [6.07, 6.45) is 0.855. The van der Waals surface area contributed by atoms with Crippen molar-refractivity contribution in [1.82, 2.24) is 0 Å². The van der Waals surface area contributed by atoms with Crippen LogP contribution < -0.4 is 5.73 Å². The maximum atomic E-state index is 5.55. The molecule has 4 nitrogen and oxygen atoms in total. The number of hydrogen-bond donors (Lipinski definition) is 1. The molecule has 0 amide bonds. The van der Waals surface area contributed by atoms with Crippen LogP contribution in [0.3, 0.4) is 0 Å². The van der Waals surface area contributed by atoms with Crippen molar-refractivity contribution in [2.45, 2.75) is 19.1 Å². The Morgan fingerprint density at radius 2 is 2.19 bits per heavy atom. The average molecular weight is 220 g/mol. The monoisotopic (exact) mass is 220 g/mol. The molecular formula is C12H16N2O2. The summed E-state index contributed by atoms with van der Waals surface area (Å²) in [4.78, 5) is 4.13. The third kappa shape index (κ3) is 3.24. The fourth-order valence-corrected chi connectivity index (χ4v) is 1.57. The molecule has 1 aromatic carbocycles. The van der Waals surface area contributed by atoms with Crippen molar-refractivity contribution in [3.63, 3.8) is 0 Å². The first-order valence-corrected chi connectivity index (χ1v) is 5.42. The highest BCUT2D eigenvalue weighted by Crippen LogP contribution is 2.07. The molecule has 1 aliphatic heterocycles. The fraction of sp³-hybridized carbons (Fsp3) is 0.417. The maximum absolute atomic E-state index is 5.55. The van der Waals surface area contributed by atoms with E-state index in [0.29, 0.717) is 25.8 Å². The van der Waals surface area contributed by atoms with E-state index in [0.717, 1.165) is 6.42 Å². The Bertz CT molecular complexity index is 351. The molecule has 0 saturated carbocycles. The van der Waals surface area contributed by atoms with Crippen molar-refractivity contribution in [1.29, 1.82) is 0 Å². The SMILES string of the molecule is NC1=N[C@H](CCOCc2ccccc2)CO1. The first-order chi connectivity index (χ1) is 7.84. The van der Waals surface area contributed by atoms with Gasteiger partial charge in [-0.3, -0.25) is 0 Å². The summed E-state index contributed by atoms with van der Waals surface area (Å²) in [6, 6.07) is 10.6. The minimum Gasteiger partial charge on any atom is -0.463 e. The molecule has 0 aromatic heterocycles. The van der Waals surface area contributed by atoms with Gasteiger partial charge in [0.2, 0.25) is 0 Å². The maximum Gasteiger partial charge on any atom is 0.282 e. The Hall–Kier alpha value is -1.55. The largest absolute Gasteiger partial charge is 0.463 e. The number of nitrogens with zero attached hydrogens (tertiary/aromatic N) is 1. The van der Waals surface area contributed by atoms with Crippen LogP contribution in [0.1, 0.15) is 12.0 Å². The lowest BCUT2D eigenvalue weighted by atomic mass is 10.2. The number of aliphatic imine (C=N–C) groups is 1. The quantitative estimate of drug-likeness (QED) is 0.761. The summed E-state index contributed by atoms with van der Waals surface area (Å²) in [5, 5.41) is 0. The third-order valence-electron chi connectivity index (χ3n) is 2.44. The van der Waals surface area contributed by atoms with Gasteiger partial charge in [-0.15, -0.1) is 0 Å². The number of amidine groups is 1. The normalized spacial score (nSPS) is 19.2. The number of nitrogens with two attached hydrogens (primary N) is 1. The summed E-state index contributed by atoms with van der Waals surface area (Å²) in [5.41, 5.74) is 6.60. The summed E-state index contributed by atoms with van der Waals surface area (Å²) in [7, 11) is 0.